The SMILES string of the molecule is COc1cc(C(C)=O)ccc1OCCCN1CCN(C)CC1. The fraction of sp³-hybridized carbons (Fsp3) is 0.588. The van der Waals surface area contributed by atoms with Crippen molar-refractivity contribution < 1.29 is 14.3 Å². The fourth-order valence-corrected chi connectivity index (χ4v) is 2.55. The third-order valence-corrected chi connectivity index (χ3v) is 4.04. The maximum atomic E-state index is 11.4. The summed E-state index contributed by atoms with van der Waals surface area (Å²) in [5.41, 5.74) is 0.640. The van der Waals surface area contributed by atoms with E-state index >= 15 is 0 Å². The zero-order valence-corrected chi connectivity index (χ0v) is 13.8. The normalized spacial score (nSPS) is 16.5. The van der Waals surface area contributed by atoms with Crippen LogP contribution in [0.4, 0.5) is 0 Å². The van der Waals surface area contributed by atoms with Gasteiger partial charge in [0.15, 0.2) is 17.3 Å². The summed E-state index contributed by atoms with van der Waals surface area (Å²) in [7, 11) is 3.76. The van der Waals surface area contributed by atoms with Gasteiger partial charge in [0.25, 0.3) is 0 Å². The number of rotatable bonds is 7. The van der Waals surface area contributed by atoms with E-state index in [4.69, 9.17) is 9.47 Å². The maximum Gasteiger partial charge on any atom is 0.161 e. The number of ketones is 1. The van der Waals surface area contributed by atoms with Gasteiger partial charge in [-0.05, 0) is 38.6 Å². The molecule has 22 heavy (non-hydrogen) atoms. The molecule has 122 valence electrons. The number of piperazine rings is 1. The minimum atomic E-state index is 0.0277. The molecule has 0 saturated carbocycles. The summed E-state index contributed by atoms with van der Waals surface area (Å²) >= 11 is 0. The van der Waals surface area contributed by atoms with Crippen LogP contribution in [-0.2, 0) is 0 Å². The van der Waals surface area contributed by atoms with Gasteiger partial charge < -0.3 is 19.3 Å². The van der Waals surface area contributed by atoms with Gasteiger partial charge in [-0.3, -0.25) is 4.79 Å². The smallest absolute Gasteiger partial charge is 0.161 e. The van der Waals surface area contributed by atoms with Crippen molar-refractivity contribution in [3.8, 4) is 11.5 Å². The van der Waals surface area contributed by atoms with Crippen molar-refractivity contribution in [2.75, 3.05) is 53.5 Å². The number of nitrogens with zero attached hydrogens (tertiary/aromatic N) is 2. The second-order valence-electron chi connectivity index (χ2n) is 5.77. The predicted molar refractivity (Wildman–Crippen MR) is 87.0 cm³/mol. The molecule has 0 aliphatic carbocycles. The highest BCUT2D eigenvalue weighted by Crippen LogP contribution is 2.28. The molecular weight excluding hydrogens is 280 g/mol. The predicted octanol–water partition coefficient (Wildman–Crippen LogP) is 1.91. The van der Waals surface area contributed by atoms with Crippen LogP contribution in [-0.4, -0.2) is 69.1 Å². The van der Waals surface area contributed by atoms with Gasteiger partial charge in [-0.1, -0.05) is 0 Å². The molecule has 0 radical (unpaired) electrons. The molecule has 5 nitrogen and oxygen atoms in total. The molecule has 0 unspecified atom stereocenters. The first kappa shape index (κ1) is 16.8. The van der Waals surface area contributed by atoms with Crippen LogP contribution in [0.3, 0.4) is 0 Å². The molecule has 0 spiro atoms. The van der Waals surface area contributed by atoms with Crippen molar-refractivity contribution in [2.45, 2.75) is 13.3 Å². The molecule has 1 aromatic rings. The van der Waals surface area contributed by atoms with E-state index in [1.54, 1.807) is 26.2 Å². The monoisotopic (exact) mass is 306 g/mol. The molecule has 1 aliphatic heterocycles. The number of hydrogen-bond acceptors (Lipinski definition) is 5. The molecule has 1 aromatic carbocycles. The number of carbonyl (C=O) groups excluding carboxylic acids is 1. The molecule has 1 heterocycles. The molecule has 0 atom stereocenters. The van der Waals surface area contributed by atoms with Crippen LogP contribution in [0.1, 0.15) is 23.7 Å². The topological polar surface area (TPSA) is 42.0 Å². The number of hydrogen-bond donors (Lipinski definition) is 0. The van der Waals surface area contributed by atoms with Crippen LogP contribution in [0.5, 0.6) is 11.5 Å². The first-order valence-electron chi connectivity index (χ1n) is 7.83. The molecule has 2 rings (SSSR count). The zero-order valence-electron chi connectivity index (χ0n) is 13.8. The first-order valence-corrected chi connectivity index (χ1v) is 7.83. The van der Waals surface area contributed by atoms with E-state index in [1.807, 2.05) is 6.07 Å². The van der Waals surface area contributed by atoms with E-state index in [0.717, 1.165) is 39.1 Å². The second kappa shape index (κ2) is 8.15. The summed E-state index contributed by atoms with van der Waals surface area (Å²) in [5, 5.41) is 0. The Morgan fingerprint density at radius 1 is 1.18 bits per heavy atom. The van der Waals surface area contributed by atoms with Crippen LogP contribution in [0.25, 0.3) is 0 Å². The van der Waals surface area contributed by atoms with Gasteiger partial charge in [0.1, 0.15) is 0 Å². The highest BCUT2D eigenvalue weighted by molar-refractivity contribution is 5.94. The average molecular weight is 306 g/mol. The van der Waals surface area contributed by atoms with Gasteiger partial charge in [-0.15, -0.1) is 0 Å². The lowest BCUT2D eigenvalue weighted by atomic mass is 10.1. The van der Waals surface area contributed by atoms with Crippen molar-refractivity contribution in [1.29, 1.82) is 0 Å². The number of likely N-dealkylation sites (N-methyl/N-ethyl adjacent to an activating group) is 1. The van der Waals surface area contributed by atoms with Crippen molar-refractivity contribution in [3.63, 3.8) is 0 Å². The van der Waals surface area contributed by atoms with Crippen LogP contribution in [0.2, 0.25) is 0 Å². The van der Waals surface area contributed by atoms with E-state index in [2.05, 4.69) is 16.8 Å². The van der Waals surface area contributed by atoms with Crippen molar-refractivity contribution in [1.82, 2.24) is 9.80 Å². The summed E-state index contributed by atoms with van der Waals surface area (Å²) in [6.45, 7) is 7.80. The average Bonchev–Trinajstić information content (AvgIpc) is 2.53. The fourth-order valence-electron chi connectivity index (χ4n) is 2.55. The Morgan fingerprint density at radius 3 is 2.55 bits per heavy atom. The summed E-state index contributed by atoms with van der Waals surface area (Å²) in [6.07, 6.45) is 0.987. The molecule has 0 amide bonds. The second-order valence-corrected chi connectivity index (χ2v) is 5.77. The van der Waals surface area contributed by atoms with Gasteiger partial charge in [0.2, 0.25) is 0 Å². The summed E-state index contributed by atoms with van der Waals surface area (Å²) in [6, 6.07) is 5.32. The maximum absolute atomic E-state index is 11.4. The first-order chi connectivity index (χ1) is 10.6. The van der Waals surface area contributed by atoms with Crippen molar-refractivity contribution in [3.05, 3.63) is 23.8 Å². The molecule has 0 bridgehead atoms. The third kappa shape index (κ3) is 4.71. The van der Waals surface area contributed by atoms with Gasteiger partial charge in [-0.2, -0.15) is 0 Å². The Labute approximate surface area is 132 Å². The number of ether oxygens (including phenoxy) is 2. The van der Waals surface area contributed by atoms with Crippen LogP contribution in [0.15, 0.2) is 18.2 Å². The Kier molecular flexibility index (Phi) is 6.21. The lowest BCUT2D eigenvalue weighted by Gasteiger charge is -2.32. The molecule has 0 aromatic heterocycles. The Hall–Kier alpha value is -1.59. The highest BCUT2D eigenvalue weighted by atomic mass is 16.5. The minimum Gasteiger partial charge on any atom is -0.493 e. The van der Waals surface area contributed by atoms with Gasteiger partial charge in [0, 0.05) is 38.3 Å². The van der Waals surface area contributed by atoms with E-state index in [9.17, 15) is 4.79 Å². The minimum absolute atomic E-state index is 0.0277. The van der Waals surface area contributed by atoms with E-state index < -0.39 is 0 Å². The highest BCUT2D eigenvalue weighted by Gasteiger charge is 2.13. The zero-order chi connectivity index (χ0) is 15.9. The van der Waals surface area contributed by atoms with Gasteiger partial charge in [0.05, 0.1) is 13.7 Å². The van der Waals surface area contributed by atoms with Crippen molar-refractivity contribution in [2.24, 2.45) is 0 Å². The van der Waals surface area contributed by atoms with Crippen molar-refractivity contribution >= 4 is 5.78 Å². The van der Waals surface area contributed by atoms with Gasteiger partial charge in [-0.25, -0.2) is 0 Å². The molecule has 5 heteroatoms. The van der Waals surface area contributed by atoms with E-state index in [-0.39, 0.29) is 5.78 Å². The van der Waals surface area contributed by atoms with E-state index in [0.29, 0.717) is 23.7 Å². The summed E-state index contributed by atoms with van der Waals surface area (Å²) < 4.78 is 11.1. The number of methoxy groups -OCH3 is 1. The summed E-state index contributed by atoms with van der Waals surface area (Å²) in [4.78, 5) is 16.2. The molecule has 1 fully saturated rings. The third-order valence-electron chi connectivity index (χ3n) is 4.04. The lowest BCUT2D eigenvalue weighted by molar-refractivity contribution is 0.101. The summed E-state index contributed by atoms with van der Waals surface area (Å²) in [5.74, 6) is 1.35. The standard InChI is InChI=1S/C17H26N2O3/c1-14(20)15-5-6-16(17(13-15)21-3)22-12-4-7-19-10-8-18(2)9-11-19/h5-6,13H,4,7-12H2,1-3H3. The molecule has 1 saturated heterocycles. The van der Waals surface area contributed by atoms with Crippen LogP contribution in [0, 0.1) is 0 Å². The molecule has 1 aliphatic rings. The number of benzene rings is 1. The largest absolute Gasteiger partial charge is 0.493 e. The Morgan fingerprint density at radius 2 is 1.91 bits per heavy atom. The lowest BCUT2D eigenvalue weighted by Crippen LogP contribution is -2.44. The van der Waals surface area contributed by atoms with Crippen LogP contribution >= 0.6 is 0 Å². The Bertz CT molecular complexity index is 497. The molecular formula is C17H26N2O3. The number of Topliss-reactive ketones (excluding diaryl/α,β-unsaturated/α-hetero) is 1. The quantitative estimate of drug-likeness (QED) is 0.569. The Balaban J connectivity index is 1.78. The van der Waals surface area contributed by atoms with Gasteiger partial charge >= 0.3 is 0 Å². The number of carbonyl (C=O) groups is 1. The van der Waals surface area contributed by atoms with Crippen LogP contribution < -0.4 is 9.47 Å². The van der Waals surface area contributed by atoms with E-state index in [1.165, 1.54) is 0 Å². The molecule has 0 N–H and O–H groups in total.